The third-order valence-electron chi connectivity index (χ3n) is 3.51. The smallest absolute Gasteiger partial charge is 0.371 e. The van der Waals surface area contributed by atoms with E-state index in [1.807, 2.05) is 24.3 Å². The molecule has 2 aromatic rings. The van der Waals surface area contributed by atoms with Gasteiger partial charge in [-0.3, -0.25) is 0 Å². The number of hydrogen-bond donors (Lipinski definition) is 1. The zero-order valence-corrected chi connectivity index (χ0v) is 11.5. The number of rotatable bonds is 5. The number of hydrogen-bond acceptors (Lipinski definition) is 4. The highest BCUT2D eigenvalue weighted by Crippen LogP contribution is 2.25. The number of furan rings is 1. The first kappa shape index (κ1) is 13.7. The van der Waals surface area contributed by atoms with Crippen LogP contribution in [-0.4, -0.2) is 30.9 Å². The molecule has 1 aliphatic rings. The monoisotopic (exact) mass is 288 g/mol. The van der Waals surface area contributed by atoms with Crippen LogP contribution in [0.5, 0.6) is 5.75 Å². The van der Waals surface area contributed by atoms with E-state index in [-0.39, 0.29) is 5.76 Å². The highest BCUT2D eigenvalue weighted by molar-refractivity contribution is 5.86. The average Bonchev–Trinajstić information content (AvgIpc) is 3.17. The van der Waals surface area contributed by atoms with Crippen molar-refractivity contribution in [3.63, 3.8) is 0 Å². The predicted molar refractivity (Wildman–Crippen MR) is 75.5 cm³/mol. The van der Waals surface area contributed by atoms with Gasteiger partial charge in [0.2, 0.25) is 5.76 Å². The Morgan fingerprint density at radius 1 is 1.29 bits per heavy atom. The lowest BCUT2D eigenvalue weighted by Gasteiger charge is -2.10. The van der Waals surface area contributed by atoms with E-state index < -0.39 is 5.97 Å². The molecule has 21 heavy (non-hydrogen) atoms. The molecule has 5 nitrogen and oxygen atoms in total. The number of benzene rings is 1. The van der Waals surface area contributed by atoms with Crippen LogP contribution in [0.3, 0.4) is 0 Å². The molecule has 1 unspecified atom stereocenters. The highest BCUT2D eigenvalue weighted by Gasteiger charge is 2.16. The van der Waals surface area contributed by atoms with E-state index in [4.69, 9.17) is 19.0 Å². The minimum atomic E-state index is -1.07. The topological polar surface area (TPSA) is 68.9 Å². The molecule has 3 rings (SSSR count). The minimum absolute atomic E-state index is 0.0634. The Bertz CT molecular complexity index is 608. The number of carbonyl (C=O) groups is 1. The summed E-state index contributed by atoms with van der Waals surface area (Å²) < 4.78 is 16.0. The Labute approximate surface area is 122 Å². The van der Waals surface area contributed by atoms with Crippen molar-refractivity contribution in [2.45, 2.75) is 6.42 Å². The molecule has 1 fully saturated rings. The second-order valence-corrected chi connectivity index (χ2v) is 5.07. The third kappa shape index (κ3) is 3.25. The summed E-state index contributed by atoms with van der Waals surface area (Å²) in [5.74, 6) is 0.135. The standard InChI is InChI=1S/C16H16O5/c17-16(18)15-7-13(10-21-15)12-1-3-14(4-2-12)20-9-11-5-6-19-8-11/h1-4,7,10-11H,5-6,8-9H2,(H,17,18). The van der Waals surface area contributed by atoms with Gasteiger partial charge in [-0.25, -0.2) is 4.79 Å². The van der Waals surface area contributed by atoms with E-state index in [2.05, 4.69) is 0 Å². The van der Waals surface area contributed by atoms with Gasteiger partial charge in [0, 0.05) is 18.1 Å². The van der Waals surface area contributed by atoms with Crippen molar-refractivity contribution in [1.29, 1.82) is 0 Å². The molecule has 1 aromatic carbocycles. The molecule has 1 aliphatic heterocycles. The van der Waals surface area contributed by atoms with Crippen LogP contribution in [0.1, 0.15) is 17.0 Å². The quantitative estimate of drug-likeness (QED) is 0.915. The largest absolute Gasteiger partial charge is 0.493 e. The molecule has 0 amide bonds. The van der Waals surface area contributed by atoms with Gasteiger partial charge in [0.25, 0.3) is 0 Å². The minimum Gasteiger partial charge on any atom is -0.493 e. The van der Waals surface area contributed by atoms with E-state index in [1.165, 1.54) is 12.3 Å². The first-order valence-electron chi connectivity index (χ1n) is 6.85. The van der Waals surface area contributed by atoms with Gasteiger partial charge >= 0.3 is 5.97 Å². The maximum absolute atomic E-state index is 10.8. The molecule has 1 saturated heterocycles. The second-order valence-electron chi connectivity index (χ2n) is 5.07. The lowest BCUT2D eigenvalue weighted by Crippen LogP contribution is -2.11. The van der Waals surface area contributed by atoms with Gasteiger partial charge in [0.15, 0.2) is 0 Å². The second kappa shape index (κ2) is 6.01. The van der Waals surface area contributed by atoms with Gasteiger partial charge in [0.1, 0.15) is 5.75 Å². The Morgan fingerprint density at radius 3 is 2.71 bits per heavy atom. The number of aromatic carboxylic acids is 1. The Kier molecular flexibility index (Phi) is 3.92. The third-order valence-corrected chi connectivity index (χ3v) is 3.51. The fourth-order valence-electron chi connectivity index (χ4n) is 2.27. The van der Waals surface area contributed by atoms with Crippen LogP contribution in [0.15, 0.2) is 41.0 Å². The van der Waals surface area contributed by atoms with Crippen molar-refractivity contribution >= 4 is 5.97 Å². The van der Waals surface area contributed by atoms with Gasteiger partial charge < -0.3 is 19.0 Å². The van der Waals surface area contributed by atoms with Crippen LogP contribution >= 0.6 is 0 Å². The maximum atomic E-state index is 10.8. The molecule has 110 valence electrons. The summed E-state index contributed by atoms with van der Waals surface area (Å²) in [5.41, 5.74) is 1.63. The molecule has 0 radical (unpaired) electrons. The van der Waals surface area contributed by atoms with E-state index >= 15 is 0 Å². The van der Waals surface area contributed by atoms with Gasteiger partial charge in [-0.15, -0.1) is 0 Å². The van der Waals surface area contributed by atoms with E-state index in [1.54, 1.807) is 0 Å². The normalized spacial score (nSPS) is 17.8. The van der Waals surface area contributed by atoms with Crippen LogP contribution in [0, 0.1) is 5.92 Å². The van der Waals surface area contributed by atoms with Crippen molar-refractivity contribution in [3.8, 4) is 16.9 Å². The van der Waals surface area contributed by atoms with E-state index in [9.17, 15) is 4.79 Å². The summed E-state index contributed by atoms with van der Waals surface area (Å²) in [4.78, 5) is 10.8. The van der Waals surface area contributed by atoms with Crippen LogP contribution in [0.2, 0.25) is 0 Å². The summed E-state index contributed by atoms with van der Waals surface area (Å²) in [6.07, 6.45) is 2.49. The zero-order chi connectivity index (χ0) is 14.7. The molecule has 0 spiro atoms. The van der Waals surface area contributed by atoms with Crippen molar-refractivity contribution in [2.24, 2.45) is 5.92 Å². The maximum Gasteiger partial charge on any atom is 0.371 e. The molecule has 1 N–H and O–H groups in total. The van der Waals surface area contributed by atoms with Crippen LogP contribution in [0.4, 0.5) is 0 Å². The highest BCUT2D eigenvalue weighted by atomic mass is 16.5. The summed E-state index contributed by atoms with van der Waals surface area (Å²) in [5, 5.41) is 8.84. The molecule has 1 aromatic heterocycles. The molecule has 1 atom stereocenters. The van der Waals surface area contributed by atoms with Crippen LogP contribution in [0.25, 0.3) is 11.1 Å². The van der Waals surface area contributed by atoms with Gasteiger partial charge in [0.05, 0.1) is 19.5 Å². The summed E-state index contributed by atoms with van der Waals surface area (Å²) in [6.45, 7) is 2.25. The number of ether oxygens (including phenoxy) is 2. The summed E-state index contributed by atoms with van der Waals surface area (Å²) in [6, 6.07) is 9.03. The van der Waals surface area contributed by atoms with Gasteiger partial charge in [-0.1, -0.05) is 12.1 Å². The molecule has 2 heterocycles. The summed E-state index contributed by atoms with van der Waals surface area (Å²) >= 11 is 0. The number of carboxylic acid groups (broad SMARTS) is 1. The van der Waals surface area contributed by atoms with Gasteiger partial charge in [-0.05, 0) is 30.2 Å². The first-order valence-corrected chi connectivity index (χ1v) is 6.85. The van der Waals surface area contributed by atoms with Crippen molar-refractivity contribution < 1.29 is 23.8 Å². The average molecular weight is 288 g/mol. The Hall–Kier alpha value is -2.27. The first-order chi connectivity index (χ1) is 10.2. The summed E-state index contributed by atoms with van der Waals surface area (Å²) in [7, 11) is 0. The molecular weight excluding hydrogens is 272 g/mol. The van der Waals surface area contributed by atoms with E-state index in [0.717, 1.165) is 36.5 Å². The fourth-order valence-corrected chi connectivity index (χ4v) is 2.27. The molecule has 0 bridgehead atoms. The van der Waals surface area contributed by atoms with Crippen LogP contribution < -0.4 is 4.74 Å². The lowest BCUT2D eigenvalue weighted by atomic mass is 10.1. The molecule has 0 saturated carbocycles. The van der Waals surface area contributed by atoms with E-state index in [0.29, 0.717) is 12.5 Å². The fraction of sp³-hybridized carbons (Fsp3) is 0.312. The van der Waals surface area contributed by atoms with Gasteiger partial charge in [-0.2, -0.15) is 0 Å². The predicted octanol–water partition coefficient (Wildman–Crippen LogP) is 3.06. The lowest BCUT2D eigenvalue weighted by molar-refractivity contribution is 0.0662. The Morgan fingerprint density at radius 2 is 2.10 bits per heavy atom. The molecule has 5 heteroatoms. The Balaban J connectivity index is 1.63. The molecular formula is C16H16O5. The van der Waals surface area contributed by atoms with Crippen molar-refractivity contribution in [2.75, 3.05) is 19.8 Å². The van der Waals surface area contributed by atoms with Crippen LogP contribution in [-0.2, 0) is 4.74 Å². The zero-order valence-electron chi connectivity index (χ0n) is 11.5. The molecule has 0 aliphatic carbocycles. The van der Waals surface area contributed by atoms with Crippen molar-refractivity contribution in [3.05, 3.63) is 42.4 Å². The van der Waals surface area contributed by atoms with Crippen molar-refractivity contribution in [1.82, 2.24) is 0 Å². The number of carboxylic acids is 1. The SMILES string of the molecule is O=C(O)c1cc(-c2ccc(OCC3CCOC3)cc2)co1.